The standard InChI is InChI=1S/C14H11NO2S/c16-13-5-10-3-1-2-4-11(10)6-14(13)17-7-12-8-18-9-15-12/h1-6,8-9,16H,7H2. The van der Waals surface area contributed by atoms with Gasteiger partial charge in [0.05, 0.1) is 11.2 Å². The molecule has 3 rings (SSSR count). The molecule has 4 heteroatoms. The van der Waals surface area contributed by atoms with Crippen LogP contribution in [0.4, 0.5) is 0 Å². The van der Waals surface area contributed by atoms with Gasteiger partial charge < -0.3 is 9.84 Å². The third kappa shape index (κ3) is 2.15. The number of benzene rings is 2. The van der Waals surface area contributed by atoms with Gasteiger partial charge in [-0.05, 0) is 22.9 Å². The fourth-order valence-corrected chi connectivity index (χ4v) is 2.33. The Morgan fingerprint density at radius 3 is 2.67 bits per heavy atom. The largest absolute Gasteiger partial charge is 0.504 e. The molecule has 0 fully saturated rings. The van der Waals surface area contributed by atoms with E-state index in [-0.39, 0.29) is 5.75 Å². The average Bonchev–Trinajstić information content (AvgIpc) is 2.89. The Morgan fingerprint density at radius 1 is 1.17 bits per heavy atom. The highest BCUT2D eigenvalue weighted by atomic mass is 32.1. The van der Waals surface area contributed by atoms with Gasteiger partial charge in [-0.3, -0.25) is 0 Å². The van der Waals surface area contributed by atoms with Crippen molar-refractivity contribution in [3.8, 4) is 11.5 Å². The van der Waals surface area contributed by atoms with Crippen LogP contribution in [-0.2, 0) is 6.61 Å². The molecule has 2 aromatic carbocycles. The van der Waals surface area contributed by atoms with Crippen LogP contribution in [0.1, 0.15) is 5.69 Å². The maximum Gasteiger partial charge on any atom is 0.162 e. The molecule has 0 atom stereocenters. The second-order valence-electron chi connectivity index (χ2n) is 3.94. The van der Waals surface area contributed by atoms with Crippen LogP contribution >= 0.6 is 11.3 Å². The smallest absolute Gasteiger partial charge is 0.162 e. The molecule has 3 aromatic rings. The third-order valence-corrected chi connectivity index (χ3v) is 3.32. The summed E-state index contributed by atoms with van der Waals surface area (Å²) < 4.78 is 5.58. The Morgan fingerprint density at radius 2 is 1.94 bits per heavy atom. The number of nitrogens with zero attached hydrogens (tertiary/aromatic N) is 1. The summed E-state index contributed by atoms with van der Waals surface area (Å²) in [7, 11) is 0. The van der Waals surface area contributed by atoms with Crippen molar-refractivity contribution in [2.45, 2.75) is 6.61 Å². The molecule has 90 valence electrons. The molecule has 0 saturated heterocycles. The second kappa shape index (κ2) is 4.66. The zero-order valence-electron chi connectivity index (χ0n) is 9.54. The fourth-order valence-electron chi connectivity index (χ4n) is 1.78. The van der Waals surface area contributed by atoms with E-state index < -0.39 is 0 Å². The summed E-state index contributed by atoms with van der Waals surface area (Å²) >= 11 is 1.53. The van der Waals surface area contributed by atoms with Gasteiger partial charge in [0.15, 0.2) is 11.5 Å². The molecule has 0 unspecified atom stereocenters. The van der Waals surface area contributed by atoms with Crippen LogP contribution in [-0.4, -0.2) is 10.1 Å². The van der Waals surface area contributed by atoms with Crippen molar-refractivity contribution in [3.05, 3.63) is 53.0 Å². The number of aromatic nitrogens is 1. The van der Waals surface area contributed by atoms with E-state index in [1.807, 2.05) is 35.7 Å². The lowest BCUT2D eigenvalue weighted by molar-refractivity contribution is 0.286. The number of rotatable bonds is 3. The lowest BCUT2D eigenvalue weighted by atomic mass is 10.1. The number of hydrogen-bond donors (Lipinski definition) is 1. The first-order chi connectivity index (χ1) is 8.83. The molecule has 1 N–H and O–H groups in total. The number of phenolic OH excluding ortho intramolecular Hbond substituents is 1. The minimum absolute atomic E-state index is 0.156. The molecule has 0 aliphatic carbocycles. The van der Waals surface area contributed by atoms with E-state index in [1.165, 1.54) is 11.3 Å². The summed E-state index contributed by atoms with van der Waals surface area (Å²) in [6.07, 6.45) is 0. The van der Waals surface area contributed by atoms with Crippen LogP contribution in [0.15, 0.2) is 47.3 Å². The van der Waals surface area contributed by atoms with Crippen molar-refractivity contribution in [1.29, 1.82) is 0 Å². The quantitative estimate of drug-likeness (QED) is 0.779. The van der Waals surface area contributed by atoms with Crippen molar-refractivity contribution in [1.82, 2.24) is 4.98 Å². The Hall–Kier alpha value is -2.07. The maximum absolute atomic E-state index is 9.89. The van der Waals surface area contributed by atoms with E-state index in [9.17, 15) is 5.11 Å². The van der Waals surface area contributed by atoms with Crippen LogP contribution in [0.5, 0.6) is 11.5 Å². The maximum atomic E-state index is 9.89. The lowest BCUT2D eigenvalue weighted by Crippen LogP contribution is -1.95. The molecular weight excluding hydrogens is 246 g/mol. The van der Waals surface area contributed by atoms with Crippen LogP contribution in [0.2, 0.25) is 0 Å². The predicted octanol–water partition coefficient (Wildman–Crippen LogP) is 3.58. The predicted molar refractivity (Wildman–Crippen MR) is 72.1 cm³/mol. The topological polar surface area (TPSA) is 42.4 Å². The first-order valence-corrected chi connectivity index (χ1v) is 6.49. The summed E-state index contributed by atoms with van der Waals surface area (Å²) in [4.78, 5) is 4.14. The molecular formula is C14H11NO2S. The van der Waals surface area contributed by atoms with Crippen LogP contribution in [0.3, 0.4) is 0 Å². The molecule has 0 radical (unpaired) electrons. The Kier molecular flexibility index (Phi) is 2.86. The molecule has 3 nitrogen and oxygen atoms in total. The lowest BCUT2D eigenvalue weighted by Gasteiger charge is -2.08. The average molecular weight is 257 g/mol. The summed E-state index contributed by atoms with van der Waals surface area (Å²) in [5.74, 6) is 0.644. The van der Waals surface area contributed by atoms with Crippen molar-refractivity contribution < 1.29 is 9.84 Å². The molecule has 1 heterocycles. The van der Waals surface area contributed by atoms with E-state index in [1.54, 1.807) is 11.6 Å². The van der Waals surface area contributed by atoms with Gasteiger partial charge in [0.1, 0.15) is 6.61 Å². The molecule has 0 aliphatic heterocycles. The highest BCUT2D eigenvalue weighted by Gasteiger charge is 2.05. The highest BCUT2D eigenvalue weighted by molar-refractivity contribution is 7.07. The van der Waals surface area contributed by atoms with Gasteiger partial charge in [0.25, 0.3) is 0 Å². The molecule has 0 spiro atoms. The Bertz CT molecular complexity index is 665. The van der Waals surface area contributed by atoms with Crippen LogP contribution in [0.25, 0.3) is 10.8 Å². The highest BCUT2D eigenvalue weighted by Crippen LogP contribution is 2.31. The van der Waals surface area contributed by atoms with E-state index in [4.69, 9.17) is 4.74 Å². The molecule has 0 bridgehead atoms. The molecule has 0 saturated carbocycles. The molecule has 0 amide bonds. The second-order valence-corrected chi connectivity index (χ2v) is 4.65. The van der Waals surface area contributed by atoms with Gasteiger partial charge >= 0.3 is 0 Å². The minimum atomic E-state index is 0.156. The van der Waals surface area contributed by atoms with Crippen LogP contribution < -0.4 is 4.74 Å². The minimum Gasteiger partial charge on any atom is -0.504 e. The Labute approximate surface area is 108 Å². The van der Waals surface area contributed by atoms with Crippen LogP contribution in [0, 0.1) is 0 Å². The number of hydrogen-bond acceptors (Lipinski definition) is 4. The van der Waals surface area contributed by atoms with E-state index in [2.05, 4.69) is 4.98 Å². The third-order valence-electron chi connectivity index (χ3n) is 2.69. The van der Waals surface area contributed by atoms with Crippen molar-refractivity contribution in [2.75, 3.05) is 0 Å². The van der Waals surface area contributed by atoms with Gasteiger partial charge in [-0.1, -0.05) is 24.3 Å². The monoisotopic (exact) mass is 257 g/mol. The molecule has 18 heavy (non-hydrogen) atoms. The van der Waals surface area contributed by atoms with E-state index in [0.717, 1.165) is 16.5 Å². The summed E-state index contributed by atoms with van der Waals surface area (Å²) in [5.41, 5.74) is 2.63. The number of phenols is 1. The van der Waals surface area contributed by atoms with Gasteiger partial charge in [0, 0.05) is 5.38 Å². The number of thiazole rings is 1. The van der Waals surface area contributed by atoms with Gasteiger partial charge in [-0.15, -0.1) is 11.3 Å². The molecule has 0 aliphatic rings. The zero-order chi connectivity index (χ0) is 12.4. The van der Waals surface area contributed by atoms with Crippen molar-refractivity contribution in [3.63, 3.8) is 0 Å². The number of ether oxygens (including phenoxy) is 1. The van der Waals surface area contributed by atoms with Crippen molar-refractivity contribution >= 4 is 22.1 Å². The normalized spacial score (nSPS) is 10.7. The van der Waals surface area contributed by atoms with E-state index in [0.29, 0.717) is 12.4 Å². The van der Waals surface area contributed by atoms with Gasteiger partial charge in [0.2, 0.25) is 0 Å². The number of aromatic hydroxyl groups is 1. The first kappa shape index (κ1) is 11.0. The molecule has 1 aromatic heterocycles. The summed E-state index contributed by atoms with van der Waals surface area (Å²) in [6, 6.07) is 11.4. The number of fused-ring (bicyclic) bond motifs is 1. The Balaban J connectivity index is 1.89. The zero-order valence-corrected chi connectivity index (χ0v) is 10.4. The van der Waals surface area contributed by atoms with E-state index >= 15 is 0 Å². The first-order valence-electron chi connectivity index (χ1n) is 5.54. The van der Waals surface area contributed by atoms with Crippen molar-refractivity contribution in [2.24, 2.45) is 0 Å². The van der Waals surface area contributed by atoms with Gasteiger partial charge in [-0.25, -0.2) is 4.98 Å². The summed E-state index contributed by atoms with van der Waals surface area (Å²) in [5, 5.41) is 13.9. The van der Waals surface area contributed by atoms with Gasteiger partial charge in [-0.2, -0.15) is 0 Å². The fraction of sp³-hybridized carbons (Fsp3) is 0.0714. The summed E-state index contributed by atoms with van der Waals surface area (Å²) in [6.45, 7) is 0.370. The SMILES string of the molecule is Oc1cc2ccccc2cc1OCc1cscn1.